The molecule has 0 radical (unpaired) electrons. The molecule has 0 unspecified atom stereocenters. The zero-order chi connectivity index (χ0) is 16.1. The molecule has 0 aliphatic carbocycles. The lowest BCUT2D eigenvalue weighted by atomic mass is 9.97. The Balaban J connectivity index is 1.86. The standard InChI is InChI=1S/C23H16O/c1-15-9-12-20-22(13-15)24-21-8-4-7-19(23(20)21)18-11-10-16-5-2-3-6-17(16)14-18/h2-14H,1H3. The summed E-state index contributed by atoms with van der Waals surface area (Å²) in [6.07, 6.45) is 0. The molecular weight excluding hydrogens is 292 g/mol. The van der Waals surface area contributed by atoms with Crippen molar-refractivity contribution >= 4 is 32.7 Å². The van der Waals surface area contributed by atoms with Gasteiger partial charge in [0.25, 0.3) is 0 Å². The van der Waals surface area contributed by atoms with E-state index in [0.29, 0.717) is 0 Å². The van der Waals surface area contributed by atoms with Crippen LogP contribution in [0.4, 0.5) is 0 Å². The third-order valence-corrected chi connectivity index (χ3v) is 4.71. The molecule has 0 saturated heterocycles. The molecular formula is C23H16O. The van der Waals surface area contributed by atoms with E-state index in [1.807, 2.05) is 0 Å². The van der Waals surface area contributed by atoms with Gasteiger partial charge in [0, 0.05) is 10.8 Å². The zero-order valence-corrected chi connectivity index (χ0v) is 13.4. The Morgan fingerprint density at radius 3 is 2.46 bits per heavy atom. The molecule has 1 aromatic heterocycles. The molecule has 0 spiro atoms. The number of aryl methyl sites for hydroxylation is 1. The molecule has 0 aliphatic heterocycles. The van der Waals surface area contributed by atoms with Crippen LogP contribution in [0, 0.1) is 6.92 Å². The molecule has 1 heteroatoms. The molecule has 0 fully saturated rings. The molecule has 0 saturated carbocycles. The lowest BCUT2D eigenvalue weighted by molar-refractivity contribution is 0.668. The summed E-state index contributed by atoms with van der Waals surface area (Å²) in [4.78, 5) is 0. The van der Waals surface area contributed by atoms with Crippen LogP contribution in [0.5, 0.6) is 0 Å². The van der Waals surface area contributed by atoms with Gasteiger partial charge in [-0.3, -0.25) is 0 Å². The van der Waals surface area contributed by atoms with E-state index < -0.39 is 0 Å². The molecule has 24 heavy (non-hydrogen) atoms. The van der Waals surface area contributed by atoms with Gasteiger partial charge in [0.2, 0.25) is 0 Å². The maximum absolute atomic E-state index is 6.08. The summed E-state index contributed by atoms with van der Waals surface area (Å²) < 4.78 is 6.08. The van der Waals surface area contributed by atoms with Gasteiger partial charge in [-0.2, -0.15) is 0 Å². The zero-order valence-electron chi connectivity index (χ0n) is 13.4. The maximum Gasteiger partial charge on any atom is 0.136 e. The van der Waals surface area contributed by atoms with Gasteiger partial charge >= 0.3 is 0 Å². The lowest BCUT2D eigenvalue weighted by Gasteiger charge is -2.06. The number of fused-ring (bicyclic) bond motifs is 4. The van der Waals surface area contributed by atoms with Crippen molar-refractivity contribution < 1.29 is 4.42 Å². The number of benzene rings is 4. The van der Waals surface area contributed by atoms with E-state index in [-0.39, 0.29) is 0 Å². The smallest absolute Gasteiger partial charge is 0.136 e. The fourth-order valence-corrected chi connectivity index (χ4v) is 3.53. The van der Waals surface area contributed by atoms with Crippen molar-refractivity contribution in [1.82, 2.24) is 0 Å². The number of furan rings is 1. The first-order chi connectivity index (χ1) is 11.8. The number of hydrogen-bond acceptors (Lipinski definition) is 1. The molecule has 0 amide bonds. The first kappa shape index (κ1) is 13.4. The second-order valence-electron chi connectivity index (χ2n) is 6.34. The second-order valence-corrected chi connectivity index (χ2v) is 6.34. The summed E-state index contributed by atoms with van der Waals surface area (Å²) in [6, 6.07) is 27.9. The third-order valence-electron chi connectivity index (χ3n) is 4.71. The maximum atomic E-state index is 6.08. The summed E-state index contributed by atoms with van der Waals surface area (Å²) in [5.74, 6) is 0. The number of hydrogen-bond donors (Lipinski definition) is 0. The Bertz CT molecular complexity index is 1210. The third kappa shape index (κ3) is 1.95. The minimum absolute atomic E-state index is 0.946. The van der Waals surface area contributed by atoms with Gasteiger partial charge in [0.1, 0.15) is 11.2 Å². The monoisotopic (exact) mass is 308 g/mol. The summed E-state index contributed by atoms with van der Waals surface area (Å²) in [6.45, 7) is 2.09. The Morgan fingerprint density at radius 1 is 0.667 bits per heavy atom. The predicted octanol–water partition coefficient (Wildman–Crippen LogP) is 6.71. The topological polar surface area (TPSA) is 13.1 Å². The molecule has 1 heterocycles. The van der Waals surface area contributed by atoms with Crippen molar-refractivity contribution in [2.24, 2.45) is 0 Å². The van der Waals surface area contributed by atoms with Crippen molar-refractivity contribution in [3.05, 3.63) is 84.4 Å². The predicted molar refractivity (Wildman–Crippen MR) is 101 cm³/mol. The van der Waals surface area contributed by atoms with Crippen LogP contribution in [0.1, 0.15) is 5.56 Å². The highest BCUT2D eigenvalue weighted by Crippen LogP contribution is 2.37. The van der Waals surface area contributed by atoms with Gasteiger partial charge in [-0.25, -0.2) is 0 Å². The van der Waals surface area contributed by atoms with E-state index in [4.69, 9.17) is 4.42 Å². The SMILES string of the molecule is Cc1ccc2c(c1)oc1cccc(-c3ccc4ccccc4c3)c12. The normalized spacial score (nSPS) is 11.5. The highest BCUT2D eigenvalue weighted by Gasteiger charge is 2.12. The van der Waals surface area contributed by atoms with Crippen LogP contribution < -0.4 is 0 Å². The average molecular weight is 308 g/mol. The Kier molecular flexibility index (Phi) is 2.77. The van der Waals surface area contributed by atoms with Gasteiger partial charge < -0.3 is 4.42 Å². The van der Waals surface area contributed by atoms with Crippen molar-refractivity contribution in [3.8, 4) is 11.1 Å². The van der Waals surface area contributed by atoms with Crippen molar-refractivity contribution in [2.75, 3.05) is 0 Å². The van der Waals surface area contributed by atoms with E-state index in [2.05, 4.69) is 85.8 Å². The quantitative estimate of drug-likeness (QED) is 0.335. The van der Waals surface area contributed by atoms with Crippen molar-refractivity contribution in [2.45, 2.75) is 6.92 Å². The first-order valence-electron chi connectivity index (χ1n) is 8.21. The number of rotatable bonds is 1. The van der Waals surface area contributed by atoms with Gasteiger partial charge in [-0.05, 0) is 52.6 Å². The van der Waals surface area contributed by atoms with Gasteiger partial charge in [0.05, 0.1) is 0 Å². The molecule has 5 aromatic rings. The minimum Gasteiger partial charge on any atom is -0.456 e. The molecule has 4 aromatic carbocycles. The van der Waals surface area contributed by atoms with Crippen LogP contribution in [-0.4, -0.2) is 0 Å². The highest BCUT2D eigenvalue weighted by atomic mass is 16.3. The molecule has 114 valence electrons. The van der Waals surface area contributed by atoms with Crippen LogP contribution in [-0.2, 0) is 0 Å². The van der Waals surface area contributed by atoms with E-state index in [0.717, 1.165) is 11.2 Å². The minimum atomic E-state index is 0.946. The largest absolute Gasteiger partial charge is 0.456 e. The van der Waals surface area contributed by atoms with E-state index in [1.54, 1.807) is 0 Å². The summed E-state index contributed by atoms with van der Waals surface area (Å²) in [5, 5.41) is 4.90. The van der Waals surface area contributed by atoms with Gasteiger partial charge in [-0.15, -0.1) is 0 Å². The summed E-state index contributed by atoms with van der Waals surface area (Å²) in [7, 11) is 0. The average Bonchev–Trinajstić information content (AvgIpc) is 2.98. The van der Waals surface area contributed by atoms with E-state index >= 15 is 0 Å². The lowest BCUT2D eigenvalue weighted by Crippen LogP contribution is -1.81. The summed E-state index contributed by atoms with van der Waals surface area (Å²) >= 11 is 0. The van der Waals surface area contributed by atoms with Crippen LogP contribution in [0.3, 0.4) is 0 Å². The molecule has 0 atom stereocenters. The first-order valence-corrected chi connectivity index (χ1v) is 8.21. The van der Waals surface area contributed by atoms with E-state index in [9.17, 15) is 0 Å². The van der Waals surface area contributed by atoms with Crippen LogP contribution >= 0.6 is 0 Å². The van der Waals surface area contributed by atoms with Gasteiger partial charge in [-0.1, -0.05) is 60.7 Å². The molecule has 0 aliphatic rings. The Hall–Kier alpha value is -3.06. The van der Waals surface area contributed by atoms with E-state index in [1.165, 1.54) is 38.2 Å². The fourth-order valence-electron chi connectivity index (χ4n) is 3.53. The molecule has 1 nitrogen and oxygen atoms in total. The molecule has 0 bridgehead atoms. The van der Waals surface area contributed by atoms with Crippen LogP contribution in [0.25, 0.3) is 43.8 Å². The van der Waals surface area contributed by atoms with Crippen molar-refractivity contribution in [1.29, 1.82) is 0 Å². The van der Waals surface area contributed by atoms with Crippen molar-refractivity contribution in [3.63, 3.8) is 0 Å². The Labute approximate surface area is 140 Å². The second kappa shape index (κ2) is 4.97. The van der Waals surface area contributed by atoms with Crippen LogP contribution in [0.15, 0.2) is 83.3 Å². The summed E-state index contributed by atoms with van der Waals surface area (Å²) in [5.41, 5.74) is 5.57. The Morgan fingerprint density at radius 2 is 1.54 bits per heavy atom. The fraction of sp³-hybridized carbons (Fsp3) is 0.0435. The molecule has 5 rings (SSSR count). The van der Waals surface area contributed by atoms with Gasteiger partial charge in [0.15, 0.2) is 0 Å². The van der Waals surface area contributed by atoms with Crippen LogP contribution in [0.2, 0.25) is 0 Å². The highest BCUT2D eigenvalue weighted by molar-refractivity contribution is 6.12. The molecule has 0 N–H and O–H groups in total.